The van der Waals surface area contributed by atoms with E-state index in [0.717, 1.165) is 12.1 Å². The Morgan fingerprint density at radius 3 is 2.65 bits per heavy atom. The van der Waals surface area contributed by atoms with E-state index in [9.17, 15) is 26.7 Å². The molecule has 0 saturated carbocycles. The zero-order valence-electron chi connectivity index (χ0n) is 17.9. The quantitative estimate of drug-likeness (QED) is 0.400. The molecule has 1 saturated heterocycles. The van der Waals surface area contributed by atoms with Crippen molar-refractivity contribution in [1.29, 1.82) is 0 Å². The molecule has 34 heavy (non-hydrogen) atoms. The number of hydrogen-bond acceptors (Lipinski definition) is 6. The van der Waals surface area contributed by atoms with Gasteiger partial charge in [-0.1, -0.05) is 48.6 Å². The Morgan fingerprint density at radius 2 is 1.91 bits per heavy atom. The van der Waals surface area contributed by atoms with Gasteiger partial charge in [-0.05, 0) is 36.6 Å². The lowest BCUT2D eigenvalue weighted by Gasteiger charge is -2.57. The van der Waals surface area contributed by atoms with Gasteiger partial charge in [-0.2, -0.15) is 21.6 Å². The number of piperidine rings is 1. The molecular weight excluding hydrogens is 471 g/mol. The zero-order chi connectivity index (χ0) is 23.9. The maximum absolute atomic E-state index is 13.0. The van der Waals surface area contributed by atoms with Crippen molar-refractivity contribution in [3.63, 3.8) is 0 Å². The average Bonchev–Trinajstić information content (AvgIpc) is 3.14. The summed E-state index contributed by atoms with van der Waals surface area (Å²) in [5.41, 5.74) is -3.47. The Balaban J connectivity index is 1.44. The molecule has 1 spiro atoms. The molecule has 2 bridgehead atoms. The van der Waals surface area contributed by atoms with Crippen LogP contribution in [-0.2, 0) is 28.5 Å². The lowest BCUT2D eigenvalue weighted by molar-refractivity contribution is -0.0544. The van der Waals surface area contributed by atoms with Crippen molar-refractivity contribution in [2.75, 3.05) is 6.54 Å². The summed E-state index contributed by atoms with van der Waals surface area (Å²) in [4.78, 5) is 2.41. The number of hydrogen-bond donors (Lipinski definition) is 1. The number of rotatable bonds is 4. The molecule has 0 radical (unpaired) electrons. The highest BCUT2D eigenvalue weighted by Crippen LogP contribution is 2.63. The summed E-state index contributed by atoms with van der Waals surface area (Å²) < 4.78 is 73.0. The topological polar surface area (TPSA) is 76.1 Å². The van der Waals surface area contributed by atoms with Gasteiger partial charge < -0.3 is 14.0 Å². The Labute approximate surface area is 194 Å². The van der Waals surface area contributed by atoms with Gasteiger partial charge in [-0.15, -0.1) is 0 Å². The van der Waals surface area contributed by atoms with E-state index in [4.69, 9.17) is 4.74 Å². The van der Waals surface area contributed by atoms with Crippen molar-refractivity contribution in [2.45, 2.75) is 48.6 Å². The number of likely N-dealkylation sites (tertiary alicyclic amines) is 1. The van der Waals surface area contributed by atoms with Gasteiger partial charge in [0.1, 0.15) is 12.2 Å². The molecule has 2 heterocycles. The number of ether oxygens (including phenoxy) is 1. The number of benzene rings is 2. The normalized spacial score (nSPS) is 31.6. The van der Waals surface area contributed by atoms with Crippen molar-refractivity contribution < 1.29 is 35.6 Å². The van der Waals surface area contributed by atoms with Gasteiger partial charge >= 0.3 is 15.6 Å². The molecule has 1 N–H and O–H groups in total. The van der Waals surface area contributed by atoms with Gasteiger partial charge in [0.05, 0.1) is 0 Å². The molecule has 1 fully saturated rings. The first-order chi connectivity index (χ1) is 16.1. The Bertz CT molecular complexity index is 1280. The summed E-state index contributed by atoms with van der Waals surface area (Å²) in [5, 5.41) is 10.8. The van der Waals surface area contributed by atoms with Crippen molar-refractivity contribution in [3.8, 4) is 11.5 Å². The molecule has 180 valence electrons. The predicted octanol–water partition coefficient (Wildman–Crippen LogP) is 3.29. The van der Waals surface area contributed by atoms with Crippen LogP contribution in [0.3, 0.4) is 0 Å². The lowest BCUT2D eigenvalue weighted by atomic mass is 9.53. The van der Waals surface area contributed by atoms with Crippen LogP contribution >= 0.6 is 0 Å². The van der Waals surface area contributed by atoms with Crippen molar-refractivity contribution in [3.05, 3.63) is 71.3 Å². The third-order valence-electron chi connectivity index (χ3n) is 7.68. The molecule has 0 aromatic heterocycles. The maximum Gasteiger partial charge on any atom is 0.534 e. The minimum Gasteiger partial charge on any atom is -0.482 e. The van der Waals surface area contributed by atoms with E-state index in [0.29, 0.717) is 24.9 Å². The highest BCUT2D eigenvalue weighted by atomic mass is 32.2. The van der Waals surface area contributed by atoms with Gasteiger partial charge in [0, 0.05) is 29.5 Å². The summed E-state index contributed by atoms with van der Waals surface area (Å²) in [6, 6.07) is 13.1. The minimum absolute atomic E-state index is 0.00182. The first-order valence-corrected chi connectivity index (χ1v) is 12.5. The summed E-state index contributed by atoms with van der Waals surface area (Å²) >= 11 is 0. The third kappa shape index (κ3) is 2.98. The van der Waals surface area contributed by atoms with Crippen molar-refractivity contribution in [2.24, 2.45) is 5.92 Å². The molecular formula is C24H22F3NO5S. The number of alkyl halides is 3. The third-order valence-corrected chi connectivity index (χ3v) is 8.65. The van der Waals surface area contributed by atoms with E-state index in [-0.39, 0.29) is 17.7 Å². The van der Waals surface area contributed by atoms with E-state index in [1.54, 1.807) is 12.1 Å². The molecule has 0 amide bonds. The van der Waals surface area contributed by atoms with Gasteiger partial charge in [-0.3, -0.25) is 4.90 Å². The summed E-state index contributed by atoms with van der Waals surface area (Å²) in [6.07, 6.45) is 3.22. The minimum atomic E-state index is -5.86. The summed E-state index contributed by atoms with van der Waals surface area (Å²) in [5.74, 6) is -0.532. The summed E-state index contributed by atoms with van der Waals surface area (Å²) in [6.45, 7) is 1.47. The number of halogens is 3. The molecule has 6 rings (SSSR count). The van der Waals surface area contributed by atoms with Crippen LogP contribution in [0.5, 0.6) is 11.5 Å². The van der Waals surface area contributed by atoms with Crippen LogP contribution < -0.4 is 8.92 Å². The van der Waals surface area contributed by atoms with Gasteiger partial charge in [-0.25, -0.2) is 0 Å². The first-order valence-electron chi connectivity index (χ1n) is 11.1. The fraction of sp³-hybridized carbons (Fsp3) is 0.417. The predicted molar refractivity (Wildman–Crippen MR) is 116 cm³/mol. The second-order valence-electron chi connectivity index (χ2n) is 9.37. The number of aliphatic hydroxyl groups excluding tert-OH is 1. The SMILES string of the molecule is O=S(=O)(Oc1ccc2c3c1O[C@H]1[C@@H](O)C=C[C@H]4[C@@H](C2)N(Cc2ccccc2)CC[C@@]341)C(F)(F)F. The van der Waals surface area contributed by atoms with Gasteiger partial charge in [0.15, 0.2) is 11.5 Å². The van der Waals surface area contributed by atoms with Crippen LogP contribution in [0.15, 0.2) is 54.6 Å². The fourth-order valence-electron chi connectivity index (χ4n) is 6.37. The van der Waals surface area contributed by atoms with Crippen molar-refractivity contribution >= 4 is 10.1 Å². The monoisotopic (exact) mass is 493 g/mol. The molecule has 6 nitrogen and oxygen atoms in total. The molecule has 2 aromatic carbocycles. The van der Waals surface area contributed by atoms with E-state index >= 15 is 0 Å². The fourth-order valence-corrected chi connectivity index (χ4v) is 6.83. The second kappa shape index (κ2) is 7.22. The molecule has 5 atom stereocenters. The molecule has 2 aromatic rings. The smallest absolute Gasteiger partial charge is 0.482 e. The van der Waals surface area contributed by atoms with E-state index in [2.05, 4.69) is 21.2 Å². The molecule has 2 aliphatic carbocycles. The molecule has 2 aliphatic heterocycles. The molecule has 10 heteroatoms. The van der Waals surface area contributed by atoms with E-state index in [1.807, 2.05) is 24.3 Å². The van der Waals surface area contributed by atoms with Crippen LogP contribution in [-0.4, -0.2) is 48.7 Å². The van der Waals surface area contributed by atoms with Gasteiger partial charge in [0.25, 0.3) is 0 Å². The standard InChI is InChI=1S/C24H22F3NO5S/c25-24(26,27)34(30,31)33-19-9-6-15-12-17-16-7-8-18(29)22-23(16,20(15)21(19)32-22)10-11-28(17)13-14-4-2-1-3-5-14/h1-9,16-18,22,29H,10-13H2/t16-,17+,18-,22-,23-/m0/s1. The summed E-state index contributed by atoms with van der Waals surface area (Å²) in [7, 11) is -5.86. The van der Waals surface area contributed by atoms with E-state index < -0.39 is 39.0 Å². The van der Waals surface area contributed by atoms with Crippen LogP contribution in [0, 0.1) is 5.92 Å². The first kappa shape index (κ1) is 21.9. The van der Waals surface area contributed by atoms with Crippen molar-refractivity contribution in [1.82, 2.24) is 4.90 Å². The molecule has 0 unspecified atom stereocenters. The maximum atomic E-state index is 13.0. The Hall–Kier alpha value is -2.56. The lowest BCUT2D eigenvalue weighted by Crippen LogP contribution is -2.65. The number of nitrogens with zero attached hydrogens (tertiary/aromatic N) is 1. The molecule has 4 aliphatic rings. The average molecular weight is 494 g/mol. The Morgan fingerprint density at radius 1 is 1.15 bits per heavy atom. The zero-order valence-corrected chi connectivity index (χ0v) is 18.7. The second-order valence-corrected chi connectivity index (χ2v) is 10.9. The number of aliphatic hydroxyl groups is 1. The van der Waals surface area contributed by atoms with E-state index in [1.165, 1.54) is 11.6 Å². The van der Waals surface area contributed by atoms with Crippen LogP contribution in [0.4, 0.5) is 13.2 Å². The van der Waals surface area contributed by atoms with Gasteiger partial charge in [0.2, 0.25) is 0 Å². The highest BCUT2D eigenvalue weighted by molar-refractivity contribution is 7.88. The van der Waals surface area contributed by atoms with Crippen LogP contribution in [0.2, 0.25) is 0 Å². The van der Waals surface area contributed by atoms with Crippen LogP contribution in [0.25, 0.3) is 0 Å². The highest BCUT2D eigenvalue weighted by Gasteiger charge is 2.65. The Kier molecular flexibility index (Phi) is 4.66. The largest absolute Gasteiger partial charge is 0.534 e. The van der Waals surface area contributed by atoms with Crippen LogP contribution in [0.1, 0.15) is 23.1 Å².